The fourth-order valence-corrected chi connectivity index (χ4v) is 3.06. The van der Waals surface area contributed by atoms with E-state index in [-0.39, 0.29) is 17.9 Å². The quantitative estimate of drug-likeness (QED) is 0.896. The van der Waals surface area contributed by atoms with Crippen molar-refractivity contribution >= 4 is 11.7 Å². The maximum atomic E-state index is 13.1. The van der Waals surface area contributed by atoms with E-state index >= 15 is 0 Å². The number of carbonyl (C=O) groups excluding carboxylic acids is 1. The molecule has 0 radical (unpaired) electrons. The van der Waals surface area contributed by atoms with E-state index in [0.717, 1.165) is 37.2 Å². The number of aryl methyl sites for hydroxylation is 1. The van der Waals surface area contributed by atoms with Gasteiger partial charge in [-0.3, -0.25) is 4.98 Å². The fourth-order valence-electron chi connectivity index (χ4n) is 3.06. The summed E-state index contributed by atoms with van der Waals surface area (Å²) in [4.78, 5) is 19.2. The number of rotatable bonds is 4. The Kier molecular flexibility index (Phi) is 5.60. The molecule has 1 aliphatic rings. The summed E-state index contributed by atoms with van der Waals surface area (Å²) in [6.07, 6.45) is 3.56. The Balaban J connectivity index is 1.78. The molecule has 0 unspecified atom stereocenters. The highest BCUT2D eigenvalue weighted by molar-refractivity contribution is 5.89. The summed E-state index contributed by atoms with van der Waals surface area (Å²) in [6, 6.07) is 9.69. The molecule has 2 amide bonds. The van der Waals surface area contributed by atoms with Gasteiger partial charge in [0.1, 0.15) is 5.82 Å². The van der Waals surface area contributed by atoms with Crippen LogP contribution in [0.5, 0.6) is 0 Å². The lowest BCUT2D eigenvalue weighted by Crippen LogP contribution is -2.47. The van der Waals surface area contributed by atoms with Gasteiger partial charge < -0.3 is 15.5 Å². The van der Waals surface area contributed by atoms with Crippen LogP contribution in [0.3, 0.4) is 0 Å². The zero-order valence-corrected chi connectivity index (χ0v) is 14.3. The van der Waals surface area contributed by atoms with Crippen LogP contribution in [0.15, 0.2) is 42.6 Å². The van der Waals surface area contributed by atoms with E-state index in [9.17, 15) is 9.18 Å². The first-order chi connectivity index (χ1) is 12.1. The number of pyridine rings is 1. The summed E-state index contributed by atoms with van der Waals surface area (Å²) in [7, 11) is 0. The third kappa shape index (κ3) is 4.54. The molecule has 0 atom stereocenters. The Morgan fingerprint density at radius 3 is 2.68 bits per heavy atom. The Hall–Kier alpha value is -2.47. The molecule has 5 nitrogen and oxygen atoms in total. The molecular formula is C19H23FN4O. The minimum absolute atomic E-state index is 0.156. The Labute approximate surface area is 147 Å². The van der Waals surface area contributed by atoms with Crippen molar-refractivity contribution in [1.29, 1.82) is 0 Å². The van der Waals surface area contributed by atoms with Crippen molar-refractivity contribution in [2.45, 2.75) is 32.4 Å². The van der Waals surface area contributed by atoms with Crippen LogP contribution in [0.2, 0.25) is 0 Å². The second-order valence-electron chi connectivity index (χ2n) is 6.31. The van der Waals surface area contributed by atoms with E-state index in [1.807, 2.05) is 24.0 Å². The van der Waals surface area contributed by atoms with Gasteiger partial charge in [0.25, 0.3) is 0 Å². The van der Waals surface area contributed by atoms with Crippen molar-refractivity contribution < 1.29 is 9.18 Å². The van der Waals surface area contributed by atoms with E-state index in [1.54, 1.807) is 18.3 Å². The summed E-state index contributed by atoms with van der Waals surface area (Å²) in [5.41, 5.74) is 2.55. The number of halogens is 1. The normalized spacial score (nSPS) is 15.0. The highest BCUT2D eigenvalue weighted by atomic mass is 19.1. The van der Waals surface area contributed by atoms with Crippen LogP contribution in [0.25, 0.3) is 0 Å². The number of carbonyl (C=O) groups is 1. The minimum atomic E-state index is -0.322. The van der Waals surface area contributed by atoms with Crippen LogP contribution in [0, 0.1) is 12.7 Å². The number of aromatic nitrogens is 1. The molecule has 2 heterocycles. The molecule has 0 bridgehead atoms. The Bertz CT molecular complexity index is 714. The number of nitrogens with zero attached hydrogens (tertiary/aromatic N) is 2. The van der Waals surface area contributed by atoms with Gasteiger partial charge in [0, 0.05) is 17.9 Å². The first-order valence-electron chi connectivity index (χ1n) is 8.58. The molecular weight excluding hydrogens is 319 g/mol. The maximum Gasteiger partial charge on any atom is 0.322 e. The standard InChI is InChI=1S/C19H23FN4O/c1-14-3-2-10-22-18(14)13-24(17-8-11-21-12-9-17)19(25)23-16-6-4-15(20)5-7-16/h2-7,10,17,21H,8-9,11-13H2,1H3,(H,23,25). The monoisotopic (exact) mass is 342 g/mol. The summed E-state index contributed by atoms with van der Waals surface area (Å²) in [5, 5.41) is 6.20. The Morgan fingerprint density at radius 1 is 1.28 bits per heavy atom. The number of amides is 2. The number of piperidine rings is 1. The molecule has 1 saturated heterocycles. The summed E-state index contributed by atoms with van der Waals surface area (Å²) in [5.74, 6) is -0.322. The van der Waals surface area contributed by atoms with E-state index < -0.39 is 0 Å². The van der Waals surface area contributed by atoms with Gasteiger partial charge in [-0.05, 0) is 68.8 Å². The van der Waals surface area contributed by atoms with Gasteiger partial charge in [0.2, 0.25) is 0 Å². The smallest absolute Gasteiger partial charge is 0.317 e. The van der Waals surface area contributed by atoms with Gasteiger partial charge in [-0.1, -0.05) is 6.07 Å². The summed E-state index contributed by atoms with van der Waals surface area (Å²) >= 11 is 0. The molecule has 1 aliphatic heterocycles. The van der Waals surface area contributed by atoms with Crippen LogP contribution >= 0.6 is 0 Å². The Morgan fingerprint density at radius 2 is 2.00 bits per heavy atom. The molecule has 2 N–H and O–H groups in total. The SMILES string of the molecule is Cc1cccnc1CN(C(=O)Nc1ccc(F)cc1)C1CCNCC1. The van der Waals surface area contributed by atoms with Gasteiger partial charge in [0.15, 0.2) is 0 Å². The minimum Gasteiger partial charge on any atom is -0.317 e. The molecule has 132 valence electrons. The zero-order chi connectivity index (χ0) is 17.6. The van der Waals surface area contributed by atoms with Crippen LogP contribution in [0.1, 0.15) is 24.1 Å². The summed E-state index contributed by atoms with van der Waals surface area (Å²) in [6.45, 7) is 4.25. The molecule has 0 saturated carbocycles. The topological polar surface area (TPSA) is 57.3 Å². The second-order valence-corrected chi connectivity index (χ2v) is 6.31. The largest absolute Gasteiger partial charge is 0.322 e. The highest BCUT2D eigenvalue weighted by Gasteiger charge is 2.26. The molecule has 0 aliphatic carbocycles. The van der Waals surface area contributed by atoms with Crippen LogP contribution in [0.4, 0.5) is 14.9 Å². The van der Waals surface area contributed by atoms with Crippen LogP contribution in [-0.4, -0.2) is 35.0 Å². The number of urea groups is 1. The predicted molar refractivity (Wildman–Crippen MR) is 95.8 cm³/mol. The first kappa shape index (κ1) is 17.4. The molecule has 6 heteroatoms. The zero-order valence-electron chi connectivity index (χ0n) is 14.3. The molecule has 0 spiro atoms. The lowest BCUT2D eigenvalue weighted by Gasteiger charge is -2.34. The van der Waals surface area contributed by atoms with Gasteiger partial charge >= 0.3 is 6.03 Å². The number of nitrogens with one attached hydrogen (secondary N) is 2. The number of anilines is 1. The average molecular weight is 342 g/mol. The molecule has 1 aromatic heterocycles. The molecule has 25 heavy (non-hydrogen) atoms. The van der Waals surface area contributed by atoms with E-state index in [4.69, 9.17) is 0 Å². The highest BCUT2D eigenvalue weighted by Crippen LogP contribution is 2.19. The van der Waals surface area contributed by atoms with Crippen molar-refractivity contribution in [3.63, 3.8) is 0 Å². The van der Waals surface area contributed by atoms with E-state index in [0.29, 0.717) is 12.2 Å². The van der Waals surface area contributed by atoms with Crippen molar-refractivity contribution in [3.8, 4) is 0 Å². The van der Waals surface area contributed by atoms with Crippen molar-refractivity contribution in [2.75, 3.05) is 18.4 Å². The van der Waals surface area contributed by atoms with E-state index in [2.05, 4.69) is 15.6 Å². The van der Waals surface area contributed by atoms with Crippen LogP contribution < -0.4 is 10.6 Å². The van der Waals surface area contributed by atoms with Crippen molar-refractivity contribution in [2.24, 2.45) is 0 Å². The number of hydrogen-bond acceptors (Lipinski definition) is 3. The van der Waals surface area contributed by atoms with Gasteiger partial charge in [-0.15, -0.1) is 0 Å². The lowest BCUT2D eigenvalue weighted by atomic mass is 10.0. The van der Waals surface area contributed by atoms with Crippen LogP contribution in [-0.2, 0) is 6.54 Å². The first-order valence-corrected chi connectivity index (χ1v) is 8.58. The van der Waals surface area contributed by atoms with Crippen molar-refractivity contribution in [1.82, 2.24) is 15.2 Å². The van der Waals surface area contributed by atoms with Gasteiger partial charge in [0.05, 0.1) is 12.2 Å². The second kappa shape index (κ2) is 8.07. The third-order valence-electron chi connectivity index (χ3n) is 4.54. The fraction of sp³-hybridized carbons (Fsp3) is 0.368. The predicted octanol–water partition coefficient (Wildman–Crippen LogP) is 3.32. The lowest BCUT2D eigenvalue weighted by molar-refractivity contribution is 0.165. The summed E-state index contributed by atoms with van der Waals surface area (Å²) < 4.78 is 13.1. The molecule has 2 aromatic rings. The maximum absolute atomic E-state index is 13.1. The van der Waals surface area contributed by atoms with E-state index in [1.165, 1.54) is 12.1 Å². The van der Waals surface area contributed by atoms with Gasteiger partial charge in [-0.2, -0.15) is 0 Å². The molecule has 1 fully saturated rings. The molecule has 1 aromatic carbocycles. The molecule has 3 rings (SSSR count). The third-order valence-corrected chi connectivity index (χ3v) is 4.54. The number of hydrogen-bond donors (Lipinski definition) is 2. The van der Waals surface area contributed by atoms with Gasteiger partial charge in [-0.25, -0.2) is 9.18 Å². The number of benzene rings is 1. The van der Waals surface area contributed by atoms with Crippen molar-refractivity contribution in [3.05, 3.63) is 59.7 Å². The average Bonchev–Trinajstić information content (AvgIpc) is 2.63.